The van der Waals surface area contributed by atoms with Gasteiger partial charge in [-0.25, -0.2) is 4.39 Å². The molecule has 1 heterocycles. The van der Waals surface area contributed by atoms with Gasteiger partial charge in [-0.1, -0.05) is 6.07 Å². The number of amides is 1. The van der Waals surface area contributed by atoms with Gasteiger partial charge in [0.05, 0.1) is 20.1 Å². The van der Waals surface area contributed by atoms with E-state index in [1.54, 1.807) is 24.1 Å². The first-order chi connectivity index (χ1) is 9.67. The fourth-order valence-corrected chi connectivity index (χ4v) is 2.42. The molecule has 20 heavy (non-hydrogen) atoms. The van der Waals surface area contributed by atoms with E-state index in [0.717, 1.165) is 22.6 Å². The Morgan fingerprint density at radius 1 is 1.10 bits per heavy atom. The van der Waals surface area contributed by atoms with Crippen molar-refractivity contribution in [1.29, 1.82) is 0 Å². The molecule has 0 spiro atoms. The lowest BCUT2D eigenvalue weighted by Gasteiger charge is -2.29. The molecule has 3 nitrogen and oxygen atoms in total. The smallest absolute Gasteiger partial charge is 0.231 e. The van der Waals surface area contributed by atoms with Gasteiger partial charge in [-0.15, -0.1) is 0 Å². The lowest BCUT2D eigenvalue weighted by Crippen LogP contribution is -2.36. The van der Waals surface area contributed by atoms with E-state index in [4.69, 9.17) is 4.74 Å². The molecule has 0 unspecified atom stereocenters. The fraction of sp³-hybridized carbons (Fsp3) is 0.188. The molecule has 0 atom stereocenters. The van der Waals surface area contributed by atoms with Gasteiger partial charge in [0.15, 0.2) is 0 Å². The van der Waals surface area contributed by atoms with Gasteiger partial charge >= 0.3 is 0 Å². The largest absolute Gasteiger partial charge is 0.497 e. The molecule has 0 saturated heterocycles. The Bertz CT molecular complexity index is 652. The third-order valence-electron chi connectivity index (χ3n) is 3.52. The molecule has 1 aliphatic heterocycles. The summed E-state index contributed by atoms with van der Waals surface area (Å²) in [4.78, 5) is 13.9. The summed E-state index contributed by atoms with van der Waals surface area (Å²) in [6, 6.07) is 11.7. The van der Waals surface area contributed by atoms with Gasteiger partial charge in [0.1, 0.15) is 11.6 Å². The number of methoxy groups -OCH3 is 1. The SMILES string of the molecule is COc1ccc2c(c1)CC(=O)N(c1ccc(F)cc1)C2. The molecule has 0 fully saturated rings. The van der Waals surface area contributed by atoms with Gasteiger partial charge in [0.2, 0.25) is 5.91 Å². The second-order valence-electron chi connectivity index (χ2n) is 4.77. The summed E-state index contributed by atoms with van der Waals surface area (Å²) in [5.74, 6) is 0.465. The standard InChI is InChI=1S/C16H14FNO2/c1-20-15-7-2-11-10-18(16(19)9-12(11)8-15)14-5-3-13(17)4-6-14/h2-8H,9-10H2,1H3. The predicted octanol–water partition coefficient (Wildman–Crippen LogP) is 2.92. The van der Waals surface area contributed by atoms with Crippen molar-refractivity contribution in [1.82, 2.24) is 0 Å². The molecule has 0 bridgehead atoms. The molecule has 3 rings (SSSR count). The third-order valence-corrected chi connectivity index (χ3v) is 3.52. The molecule has 4 heteroatoms. The van der Waals surface area contributed by atoms with Crippen LogP contribution in [-0.2, 0) is 17.8 Å². The zero-order valence-electron chi connectivity index (χ0n) is 11.1. The highest BCUT2D eigenvalue weighted by molar-refractivity contribution is 5.96. The number of nitrogens with zero attached hydrogens (tertiary/aromatic N) is 1. The number of halogens is 1. The van der Waals surface area contributed by atoms with Crippen LogP contribution >= 0.6 is 0 Å². The summed E-state index contributed by atoms with van der Waals surface area (Å²) in [6.45, 7) is 0.504. The summed E-state index contributed by atoms with van der Waals surface area (Å²) in [6.07, 6.45) is 0.337. The number of rotatable bonds is 2. The lowest BCUT2D eigenvalue weighted by atomic mass is 9.98. The summed E-state index contributed by atoms with van der Waals surface area (Å²) < 4.78 is 18.1. The Labute approximate surface area is 116 Å². The number of carbonyl (C=O) groups is 1. The highest BCUT2D eigenvalue weighted by Gasteiger charge is 2.24. The Morgan fingerprint density at radius 2 is 1.85 bits per heavy atom. The van der Waals surface area contributed by atoms with Gasteiger partial charge < -0.3 is 9.64 Å². The highest BCUT2D eigenvalue weighted by atomic mass is 19.1. The van der Waals surface area contributed by atoms with E-state index in [-0.39, 0.29) is 11.7 Å². The van der Waals surface area contributed by atoms with Gasteiger partial charge in [-0.05, 0) is 47.5 Å². The normalized spacial score (nSPS) is 14.1. The van der Waals surface area contributed by atoms with E-state index in [0.29, 0.717) is 13.0 Å². The second kappa shape index (κ2) is 4.96. The van der Waals surface area contributed by atoms with Crippen LogP contribution in [0.1, 0.15) is 11.1 Å². The van der Waals surface area contributed by atoms with Crippen LogP contribution in [0.2, 0.25) is 0 Å². The molecule has 0 saturated carbocycles. The zero-order chi connectivity index (χ0) is 14.1. The van der Waals surface area contributed by atoms with Crippen LogP contribution in [0, 0.1) is 5.82 Å². The molecule has 0 aliphatic carbocycles. The molecule has 0 aromatic heterocycles. The summed E-state index contributed by atoms with van der Waals surface area (Å²) in [7, 11) is 1.61. The first-order valence-electron chi connectivity index (χ1n) is 6.39. The average molecular weight is 271 g/mol. The molecule has 2 aromatic carbocycles. The Hall–Kier alpha value is -2.36. The topological polar surface area (TPSA) is 29.5 Å². The van der Waals surface area contributed by atoms with Crippen molar-refractivity contribution in [3.63, 3.8) is 0 Å². The van der Waals surface area contributed by atoms with E-state index in [1.165, 1.54) is 12.1 Å². The molecule has 0 N–H and O–H groups in total. The first-order valence-corrected chi connectivity index (χ1v) is 6.39. The van der Waals surface area contributed by atoms with Crippen LogP contribution in [0.25, 0.3) is 0 Å². The number of ether oxygens (including phenoxy) is 1. The monoisotopic (exact) mass is 271 g/mol. The van der Waals surface area contributed by atoms with Gasteiger partial charge in [-0.3, -0.25) is 4.79 Å². The Kier molecular flexibility index (Phi) is 3.14. The van der Waals surface area contributed by atoms with Crippen LogP contribution in [0.3, 0.4) is 0 Å². The second-order valence-corrected chi connectivity index (χ2v) is 4.77. The molecular weight excluding hydrogens is 257 g/mol. The van der Waals surface area contributed by atoms with Crippen LogP contribution in [0.5, 0.6) is 5.75 Å². The predicted molar refractivity (Wildman–Crippen MR) is 74.3 cm³/mol. The number of anilines is 1. The van der Waals surface area contributed by atoms with Crippen molar-refractivity contribution in [2.45, 2.75) is 13.0 Å². The summed E-state index contributed by atoms with van der Waals surface area (Å²) in [5, 5.41) is 0. The quantitative estimate of drug-likeness (QED) is 0.840. The van der Waals surface area contributed by atoms with E-state index >= 15 is 0 Å². The van der Waals surface area contributed by atoms with Gasteiger partial charge in [0.25, 0.3) is 0 Å². The summed E-state index contributed by atoms with van der Waals surface area (Å²) in [5.41, 5.74) is 2.81. The maximum atomic E-state index is 13.0. The number of fused-ring (bicyclic) bond motifs is 1. The molecule has 102 valence electrons. The molecule has 0 radical (unpaired) electrons. The van der Waals surface area contributed by atoms with Crippen LogP contribution in [-0.4, -0.2) is 13.0 Å². The van der Waals surface area contributed by atoms with Crippen LogP contribution in [0.4, 0.5) is 10.1 Å². The Morgan fingerprint density at radius 3 is 2.55 bits per heavy atom. The van der Waals surface area contributed by atoms with Crippen molar-refractivity contribution in [2.24, 2.45) is 0 Å². The molecular formula is C16H14FNO2. The minimum Gasteiger partial charge on any atom is -0.497 e. The lowest BCUT2D eigenvalue weighted by molar-refractivity contribution is -0.118. The minimum absolute atomic E-state index is 0.0114. The maximum absolute atomic E-state index is 13.0. The van der Waals surface area contributed by atoms with Crippen LogP contribution < -0.4 is 9.64 Å². The molecule has 2 aromatic rings. The first kappa shape index (κ1) is 12.7. The number of hydrogen-bond donors (Lipinski definition) is 0. The van der Waals surface area contributed by atoms with Crippen molar-refractivity contribution in [2.75, 3.05) is 12.0 Å². The average Bonchev–Trinajstić information content (AvgIpc) is 2.47. The third kappa shape index (κ3) is 2.25. The zero-order valence-corrected chi connectivity index (χ0v) is 11.1. The van der Waals surface area contributed by atoms with E-state index < -0.39 is 0 Å². The van der Waals surface area contributed by atoms with Crippen molar-refractivity contribution >= 4 is 11.6 Å². The minimum atomic E-state index is -0.302. The maximum Gasteiger partial charge on any atom is 0.231 e. The van der Waals surface area contributed by atoms with E-state index in [9.17, 15) is 9.18 Å². The number of hydrogen-bond acceptors (Lipinski definition) is 2. The Balaban J connectivity index is 1.93. The van der Waals surface area contributed by atoms with Crippen molar-refractivity contribution < 1.29 is 13.9 Å². The van der Waals surface area contributed by atoms with Crippen molar-refractivity contribution in [3.8, 4) is 5.75 Å². The van der Waals surface area contributed by atoms with Gasteiger partial charge in [0, 0.05) is 5.69 Å². The van der Waals surface area contributed by atoms with E-state index in [1.807, 2.05) is 18.2 Å². The van der Waals surface area contributed by atoms with Crippen LogP contribution in [0.15, 0.2) is 42.5 Å². The highest BCUT2D eigenvalue weighted by Crippen LogP contribution is 2.28. The van der Waals surface area contributed by atoms with Crippen molar-refractivity contribution in [3.05, 3.63) is 59.4 Å². The number of benzene rings is 2. The number of carbonyl (C=O) groups excluding carboxylic acids is 1. The molecule has 1 amide bonds. The van der Waals surface area contributed by atoms with E-state index in [2.05, 4.69) is 0 Å². The molecule has 1 aliphatic rings. The summed E-state index contributed by atoms with van der Waals surface area (Å²) >= 11 is 0. The van der Waals surface area contributed by atoms with Gasteiger partial charge in [-0.2, -0.15) is 0 Å². The fourth-order valence-electron chi connectivity index (χ4n) is 2.42.